The van der Waals surface area contributed by atoms with E-state index in [0.717, 1.165) is 25.7 Å². The SMILES string of the molecule is CC.CCC(=O)[C@@H]1CCCN1C(=O)[C@H](CCCCN)C(N)S. The van der Waals surface area contributed by atoms with Gasteiger partial charge in [-0.15, -0.1) is 0 Å². The number of rotatable bonds is 8. The Balaban J connectivity index is 0.00000211. The molecule has 1 amide bonds. The van der Waals surface area contributed by atoms with Crippen molar-refractivity contribution in [2.75, 3.05) is 13.1 Å². The summed E-state index contributed by atoms with van der Waals surface area (Å²) in [6.45, 7) is 7.11. The van der Waals surface area contributed by atoms with Crippen molar-refractivity contribution in [2.45, 2.75) is 70.7 Å². The largest absolute Gasteiger partial charge is 0.332 e. The van der Waals surface area contributed by atoms with Crippen LogP contribution in [0.25, 0.3) is 0 Å². The minimum absolute atomic E-state index is 0.0196. The van der Waals surface area contributed by atoms with Gasteiger partial charge in [0.05, 0.1) is 17.3 Å². The fourth-order valence-electron chi connectivity index (χ4n) is 2.76. The van der Waals surface area contributed by atoms with Gasteiger partial charge < -0.3 is 16.4 Å². The number of Topliss-reactive ketones (excluding diaryl/α,β-unsaturated/α-hetero) is 1. The average Bonchev–Trinajstić information content (AvgIpc) is 3.01. The maximum absolute atomic E-state index is 12.6. The molecule has 0 aliphatic carbocycles. The van der Waals surface area contributed by atoms with Gasteiger partial charge in [-0.3, -0.25) is 9.59 Å². The Labute approximate surface area is 140 Å². The highest BCUT2D eigenvalue weighted by Gasteiger charge is 2.37. The van der Waals surface area contributed by atoms with E-state index in [-0.39, 0.29) is 23.7 Å². The molecule has 1 unspecified atom stereocenters. The third kappa shape index (κ3) is 6.26. The minimum Gasteiger partial charge on any atom is -0.332 e. The second kappa shape index (κ2) is 11.9. The highest BCUT2D eigenvalue weighted by Crippen LogP contribution is 2.25. The van der Waals surface area contributed by atoms with Crippen LogP contribution in [0.1, 0.15) is 59.3 Å². The molecule has 0 radical (unpaired) electrons. The van der Waals surface area contributed by atoms with E-state index in [4.69, 9.17) is 11.5 Å². The molecule has 130 valence electrons. The summed E-state index contributed by atoms with van der Waals surface area (Å²) in [6, 6.07) is -0.253. The van der Waals surface area contributed by atoms with Crippen LogP contribution in [0.3, 0.4) is 0 Å². The molecule has 1 aliphatic rings. The topological polar surface area (TPSA) is 89.4 Å². The summed E-state index contributed by atoms with van der Waals surface area (Å²) in [5.41, 5.74) is 11.3. The van der Waals surface area contributed by atoms with E-state index in [9.17, 15) is 9.59 Å². The van der Waals surface area contributed by atoms with Crippen molar-refractivity contribution in [3.05, 3.63) is 0 Å². The number of hydrogen-bond acceptors (Lipinski definition) is 5. The van der Waals surface area contributed by atoms with Gasteiger partial charge in [-0.25, -0.2) is 0 Å². The number of unbranched alkanes of at least 4 members (excludes halogenated alkanes) is 1. The summed E-state index contributed by atoms with van der Waals surface area (Å²) in [6.07, 6.45) is 4.56. The van der Waals surface area contributed by atoms with E-state index in [1.807, 2.05) is 20.8 Å². The summed E-state index contributed by atoms with van der Waals surface area (Å²) in [5.74, 6) is -0.201. The first kappa shape index (κ1) is 21.4. The second-order valence-electron chi connectivity index (χ2n) is 5.39. The van der Waals surface area contributed by atoms with Gasteiger partial charge in [0.25, 0.3) is 0 Å². The molecule has 1 saturated heterocycles. The predicted octanol–water partition coefficient (Wildman–Crippen LogP) is 1.94. The van der Waals surface area contributed by atoms with Crippen LogP contribution in [0.15, 0.2) is 0 Å². The molecule has 1 heterocycles. The molecule has 3 atom stereocenters. The van der Waals surface area contributed by atoms with Gasteiger partial charge in [0, 0.05) is 13.0 Å². The molecule has 0 bridgehead atoms. The molecular formula is C16H33N3O2S. The van der Waals surface area contributed by atoms with Crippen molar-refractivity contribution in [2.24, 2.45) is 17.4 Å². The first-order valence-electron chi connectivity index (χ1n) is 8.49. The lowest BCUT2D eigenvalue weighted by Crippen LogP contribution is -2.47. The van der Waals surface area contributed by atoms with E-state index >= 15 is 0 Å². The van der Waals surface area contributed by atoms with Crippen molar-refractivity contribution >= 4 is 24.3 Å². The lowest BCUT2D eigenvalue weighted by molar-refractivity contribution is -0.141. The quantitative estimate of drug-likeness (QED) is 0.360. The lowest BCUT2D eigenvalue weighted by Gasteiger charge is -2.29. The molecule has 22 heavy (non-hydrogen) atoms. The normalized spacial score (nSPS) is 20.1. The second-order valence-corrected chi connectivity index (χ2v) is 5.99. The molecular weight excluding hydrogens is 298 g/mol. The number of carbonyl (C=O) groups is 2. The van der Waals surface area contributed by atoms with Crippen LogP contribution in [0.5, 0.6) is 0 Å². The predicted molar refractivity (Wildman–Crippen MR) is 94.7 cm³/mol. The van der Waals surface area contributed by atoms with Crippen LogP contribution in [-0.2, 0) is 9.59 Å². The smallest absolute Gasteiger partial charge is 0.228 e. The van der Waals surface area contributed by atoms with Crippen LogP contribution in [0, 0.1) is 5.92 Å². The Kier molecular flexibility index (Phi) is 11.6. The number of amides is 1. The number of carbonyl (C=O) groups excluding carboxylic acids is 2. The van der Waals surface area contributed by atoms with Gasteiger partial charge in [0.1, 0.15) is 0 Å². The average molecular weight is 332 g/mol. The molecule has 0 aromatic rings. The first-order chi connectivity index (χ1) is 10.5. The molecule has 5 nitrogen and oxygen atoms in total. The summed E-state index contributed by atoms with van der Waals surface area (Å²) < 4.78 is 0. The fraction of sp³-hybridized carbons (Fsp3) is 0.875. The zero-order chi connectivity index (χ0) is 17.1. The Morgan fingerprint density at radius 1 is 1.32 bits per heavy atom. The highest BCUT2D eigenvalue weighted by molar-refractivity contribution is 7.80. The number of nitrogens with zero attached hydrogens (tertiary/aromatic N) is 1. The van der Waals surface area contributed by atoms with E-state index in [1.165, 1.54) is 0 Å². The van der Waals surface area contributed by atoms with Crippen LogP contribution in [-0.4, -0.2) is 41.1 Å². The van der Waals surface area contributed by atoms with Crippen molar-refractivity contribution in [3.63, 3.8) is 0 Å². The maximum Gasteiger partial charge on any atom is 0.228 e. The van der Waals surface area contributed by atoms with Gasteiger partial charge in [-0.2, -0.15) is 12.6 Å². The lowest BCUT2D eigenvalue weighted by atomic mass is 9.98. The molecule has 0 aromatic heterocycles. The van der Waals surface area contributed by atoms with Gasteiger partial charge in [-0.05, 0) is 32.2 Å². The minimum atomic E-state index is -0.488. The maximum atomic E-state index is 12.6. The number of ketones is 1. The summed E-state index contributed by atoms with van der Waals surface area (Å²) >= 11 is 4.25. The van der Waals surface area contributed by atoms with Crippen molar-refractivity contribution < 1.29 is 9.59 Å². The Bertz CT molecular complexity index is 337. The van der Waals surface area contributed by atoms with E-state index in [1.54, 1.807) is 4.90 Å². The third-order valence-electron chi connectivity index (χ3n) is 3.95. The van der Waals surface area contributed by atoms with Crippen molar-refractivity contribution in [1.29, 1.82) is 0 Å². The number of nitrogens with two attached hydrogens (primary N) is 2. The molecule has 1 fully saturated rings. The van der Waals surface area contributed by atoms with Gasteiger partial charge >= 0.3 is 0 Å². The fourth-order valence-corrected chi connectivity index (χ4v) is 3.04. The molecule has 0 aromatic carbocycles. The van der Waals surface area contributed by atoms with Crippen LogP contribution < -0.4 is 11.5 Å². The van der Waals surface area contributed by atoms with Gasteiger partial charge in [-0.1, -0.05) is 27.2 Å². The van der Waals surface area contributed by atoms with E-state index < -0.39 is 5.37 Å². The summed E-state index contributed by atoms with van der Waals surface area (Å²) in [4.78, 5) is 26.3. The Morgan fingerprint density at radius 2 is 1.95 bits per heavy atom. The summed E-state index contributed by atoms with van der Waals surface area (Å²) in [5, 5.41) is -0.488. The Morgan fingerprint density at radius 3 is 2.45 bits per heavy atom. The summed E-state index contributed by atoms with van der Waals surface area (Å²) in [7, 11) is 0. The zero-order valence-corrected chi connectivity index (χ0v) is 15.1. The molecule has 4 N–H and O–H groups in total. The number of thiol groups is 1. The van der Waals surface area contributed by atoms with Gasteiger partial charge in [0.2, 0.25) is 5.91 Å². The van der Waals surface area contributed by atoms with Crippen LogP contribution >= 0.6 is 12.6 Å². The van der Waals surface area contributed by atoms with E-state index in [0.29, 0.717) is 25.9 Å². The zero-order valence-electron chi connectivity index (χ0n) is 14.3. The highest BCUT2D eigenvalue weighted by atomic mass is 32.1. The van der Waals surface area contributed by atoms with Crippen LogP contribution in [0.4, 0.5) is 0 Å². The van der Waals surface area contributed by atoms with Gasteiger partial charge in [0.15, 0.2) is 5.78 Å². The number of likely N-dealkylation sites (tertiary alicyclic amines) is 1. The standard InChI is InChI=1S/C14H27N3O2S.C2H6/c1-2-12(18)11-7-5-9-17(11)14(19)10(13(16)20)6-3-4-8-15;1-2/h10-11,13,20H,2-9,15-16H2,1H3;1-2H3/t10-,11+,13?;/m1./s1. The van der Waals surface area contributed by atoms with Crippen molar-refractivity contribution in [1.82, 2.24) is 4.90 Å². The third-order valence-corrected chi connectivity index (χ3v) is 4.31. The van der Waals surface area contributed by atoms with Crippen molar-refractivity contribution in [3.8, 4) is 0 Å². The Hall–Kier alpha value is -0.590. The molecule has 1 aliphatic heterocycles. The van der Waals surface area contributed by atoms with Crippen LogP contribution in [0.2, 0.25) is 0 Å². The molecule has 0 saturated carbocycles. The number of hydrogen-bond donors (Lipinski definition) is 3. The molecule has 1 rings (SSSR count). The molecule has 6 heteroatoms. The first-order valence-corrected chi connectivity index (χ1v) is 9.01. The van der Waals surface area contributed by atoms with E-state index in [2.05, 4.69) is 12.6 Å². The molecule has 0 spiro atoms. The monoisotopic (exact) mass is 331 g/mol.